The largest absolute Gasteiger partial charge is 0.413 e. The van der Waals surface area contributed by atoms with E-state index < -0.39 is 13.9 Å². The molecule has 6 aromatic rings. The number of nitrogens with one attached hydrogen (secondary N) is 1. The molecule has 246 valence electrons. The zero-order valence-corrected chi connectivity index (χ0v) is 30.6. The highest BCUT2D eigenvalue weighted by Crippen LogP contribution is 2.44. The molecule has 1 heterocycles. The Balaban J connectivity index is 1.58. The van der Waals surface area contributed by atoms with Crippen LogP contribution in [0.3, 0.4) is 0 Å². The van der Waals surface area contributed by atoms with Gasteiger partial charge >= 0.3 is 0 Å². The second-order valence-corrected chi connectivity index (χ2v) is 19.4. The van der Waals surface area contributed by atoms with Gasteiger partial charge in [-0.3, -0.25) is 0 Å². The van der Waals surface area contributed by atoms with E-state index in [9.17, 15) is 0 Å². The van der Waals surface area contributed by atoms with Gasteiger partial charge in [0.25, 0.3) is 0 Å². The summed E-state index contributed by atoms with van der Waals surface area (Å²) in [6, 6.07) is 44.8. The van der Waals surface area contributed by atoms with E-state index in [1.807, 2.05) is 6.20 Å². The molecule has 1 atom stereocenters. The van der Waals surface area contributed by atoms with Crippen LogP contribution in [0.1, 0.15) is 67.1 Å². The number of hydrogen-bond acceptors (Lipinski definition) is 3. The Kier molecular flexibility index (Phi) is 9.78. The lowest BCUT2D eigenvalue weighted by Crippen LogP contribution is -2.40. The first kappa shape index (κ1) is 33.9. The van der Waals surface area contributed by atoms with Crippen LogP contribution < -0.4 is 5.32 Å². The van der Waals surface area contributed by atoms with Crippen molar-refractivity contribution < 1.29 is 4.43 Å². The van der Waals surface area contributed by atoms with Crippen LogP contribution in [0.2, 0.25) is 23.2 Å². The molecule has 6 heteroatoms. The molecular weight excluding hydrogens is 626 g/mol. The van der Waals surface area contributed by atoms with Gasteiger partial charge in [-0.25, -0.2) is 4.68 Å². The lowest BCUT2D eigenvalue weighted by atomic mass is 9.77. The smallest absolute Gasteiger partial charge is 0.192 e. The fourth-order valence-electron chi connectivity index (χ4n) is 6.36. The first-order valence-electron chi connectivity index (χ1n) is 16.8. The van der Waals surface area contributed by atoms with Gasteiger partial charge in [0, 0.05) is 23.0 Å². The van der Waals surface area contributed by atoms with Crippen LogP contribution >= 0.6 is 11.6 Å². The highest BCUT2D eigenvalue weighted by atomic mass is 35.5. The van der Waals surface area contributed by atoms with Crippen molar-refractivity contribution in [1.29, 1.82) is 0 Å². The first-order chi connectivity index (χ1) is 23.0. The highest BCUT2D eigenvalue weighted by molar-refractivity contribution is 6.74. The lowest BCUT2D eigenvalue weighted by Gasteiger charge is -2.37. The molecule has 0 spiro atoms. The van der Waals surface area contributed by atoms with Crippen molar-refractivity contribution in [3.63, 3.8) is 0 Å². The Morgan fingerprint density at radius 1 is 0.750 bits per heavy atom. The minimum absolute atomic E-state index is 0.0676. The third-order valence-corrected chi connectivity index (χ3v) is 15.0. The molecule has 0 saturated carbocycles. The zero-order valence-electron chi connectivity index (χ0n) is 28.9. The molecule has 1 N–H and O–H groups in total. The van der Waals surface area contributed by atoms with Crippen LogP contribution in [0.15, 0.2) is 134 Å². The molecule has 0 bridgehead atoms. The fraction of sp³-hybridized carbons (Fsp3) is 0.262. The topological polar surface area (TPSA) is 39.1 Å². The van der Waals surface area contributed by atoms with Crippen LogP contribution in [0, 0.1) is 0 Å². The van der Waals surface area contributed by atoms with E-state index in [1.54, 1.807) is 0 Å². The zero-order chi connectivity index (χ0) is 33.9. The summed E-state index contributed by atoms with van der Waals surface area (Å²) in [6.45, 7) is 14.7. The Morgan fingerprint density at radius 2 is 1.23 bits per heavy atom. The van der Waals surface area contributed by atoms with Gasteiger partial charge in [0.2, 0.25) is 0 Å². The van der Waals surface area contributed by atoms with Crippen molar-refractivity contribution in [2.45, 2.75) is 70.6 Å². The van der Waals surface area contributed by atoms with Crippen LogP contribution in [0.25, 0.3) is 10.9 Å². The van der Waals surface area contributed by atoms with Gasteiger partial charge < -0.3 is 9.74 Å². The van der Waals surface area contributed by atoms with Crippen molar-refractivity contribution in [2.75, 3.05) is 0 Å². The lowest BCUT2D eigenvalue weighted by molar-refractivity contribution is 0.276. The molecule has 0 aliphatic carbocycles. The van der Waals surface area contributed by atoms with E-state index in [1.165, 1.54) is 5.56 Å². The van der Waals surface area contributed by atoms with E-state index in [0.717, 1.165) is 38.7 Å². The molecule has 0 radical (unpaired) electrons. The number of benzene rings is 5. The minimum atomic E-state index is -2.09. The molecule has 1 aromatic heterocycles. The number of rotatable bonds is 11. The Labute approximate surface area is 291 Å². The molecule has 4 nitrogen and oxygen atoms in total. The average molecular weight is 672 g/mol. The van der Waals surface area contributed by atoms with E-state index in [0.29, 0.717) is 18.2 Å². The van der Waals surface area contributed by atoms with Crippen molar-refractivity contribution in [3.05, 3.63) is 172 Å². The van der Waals surface area contributed by atoms with E-state index in [4.69, 9.17) is 21.1 Å². The Morgan fingerprint density at radius 3 is 1.71 bits per heavy atom. The number of halogens is 1. The normalized spacial score (nSPS) is 13.1. The summed E-state index contributed by atoms with van der Waals surface area (Å²) in [5.74, 6) is 0. The highest BCUT2D eigenvalue weighted by Gasteiger charge is 2.41. The molecule has 0 amide bonds. The van der Waals surface area contributed by atoms with Crippen molar-refractivity contribution in [1.82, 2.24) is 15.1 Å². The van der Waals surface area contributed by atoms with Crippen LogP contribution in [-0.4, -0.2) is 18.1 Å². The summed E-state index contributed by atoms with van der Waals surface area (Å²) in [5, 5.41) is 10.8. The SMILES string of the molecule is CC(NCc1c(Cl)cc2c(cnn2C(c2ccccc2)(c2ccccc2)c2ccccc2)c1CO[Si](C)(C)C(C)(C)C)c1ccccc1. The van der Waals surface area contributed by atoms with E-state index in [2.05, 4.69) is 178 Å². The predicted octanol–water partition coefficient (Wildman–Crippen LogP) is 10.9. The summed E-state index contributed by atoms with van der Waals surface area (Å²) >= 11 is 7.37. The van der Waals surface area contributed by atoms with E-state index in [-0.39, 0.29) is 11.1 Å². The standard InChI is InChI=1S/C42H46ClN3OSi/c1-31(32-19-11-7-12-20-32)44-28-36-38(30-47-48(5,6)41(2,3)4)37-29-45-46(40(37)27-39(36)43)42(33-21-13-8-14-22-33,34-23-15-9-16-24-34)35-25-17-10-18-26-35/h7-27,29,31,44H,28,30H2,1-6H3. The quantitative estimate of drug-likeness (QED) is 0.110. The molecule has 48 heavy (non-hydrogen) atoms. The van der Waals surface area contributed by atoms with Gasteiger partial charge in [0.15, 0.2) is 8.32 Å². The molecular formula is C42H46ClN3OSi. The molecule has 1 unspecified atom stereocenters. The first-order valence-corrected chi connectivity index (χ1v) is 20.1. The average Bonchev–Trinajstić information content (AvgIpc) is 3.51. The minimum Gasteiger partial charge on any atom is -0.413 e. The number of nitrogens with zero attached hydrogens (tertiary/aromatic N) is 2. The van der Waals surface area contributed by atoms with Crippen molar-refractivity contribution in [2.24, 2.45) is 0 Å². The Hall–Kier alpha value is -4.00. The van der Waals surface area contributed by atoms with Gasteiger partial charge in [-0.2, -0.15) is 5.10 Å². The summed E-state index contributed by atoms with van der Waals surface area (Å²) in [4.78, 5) is 0. The molecule has 0 saturated heterocycles. The van der Waals surface area contributed by atoms with Crippen molar-refractivity contribution >= 4 is 30.8 Å². The number of fused-ring (bicyclic) bond motifs is 1. The van der Waals surface area contributed by atoms with Gasteiger partial charge in [0.05, 0.1) is 18.3 Å². The summed E-state index contributed by atoms with van der Waals surface area (Å²) < 4.78 is 9.11. The van der Waals surface area contributed by atoms with Gasteiger partial charge in [-0.05, 0) is 64.5 Å². The predicted molar refractivity (Wildman–Crippen MR) is 203 cm³/mol. The second-order valence-electron chi connectivity index (χ2n) is 14.2. The van der Waals surface area contributed by atoms with Gasteiger partial charge in [-0.1, -0.05) is 154 Å². The third kappa shape index (κ3) is 6.40. The monoisotopic (exact) mass is 671 g/mol. The van der Waals surface area contributed by atoms with Crippen molar-refractivity contribution in [3.8, 4) is 0 Å². The fourth-order valence-corrected chi connectivity index (χ4v) is 7.58. The molecule has 0 fully saturated rings. The molecule has 0 aliphatic rings. The summed E-state index contributed by atoms with van der Waals surface area (Å²) in [5.41, 5.74) is 6.93. The summed E-state index contributed by atoms with van der Waals surface area (Å²) in [6.07, 6.45) is 2.02. The molecule has 0 aliphatic heterocycles. The molecule has 6 rings (SSSR count). The maximum absolute atomic E-state index is 7.37. The Bertz CT molecular complexity index is 1860. The van der Waals surface area contributed by atoms with E-state index >= 15 is 0 Å². The maximum Gasteiger partial charge on any atom is 0.192 e. The summed E-state index contributed by atoms with van der Waals surface area (Å²) in [7, 11) is -2.09. The second kappa shape index (κ2) is 13.8. The van der Waals surface area contributed by atoms with Gasteiger partial charge in [-0.15, -0.1) is 0 Å². The van der Waals surface area contributed by atoms with Crippen LogP contribution in [0.4, 0.5) is 0 Å². The van der Waals surface area contributed by atoms with Crippen LogP contribution in [0.5, 0.6) is 0 Å². The van der Waals surface area contributed by atoms with Crippen LogP contribution in [-0.2, 0) is 23.1 Å². The number of hydrogen-bond donors (Lipinski definition) is 1. The van der Waals surface area contributed by atoms with Gasteiger partial charge in [0.1, 0.15) is 5.54 Å². The number of aromatic nitrogens is 2. The third-order valence-electron chi connectivity index (χ3n) is 10.2. The molecule has 5 aromatic carbocycles. The maximum atomic E-state index is 7.37.